The van der Waals surface area contributed by atoms with Crippen molar-refractivity contribution in [3.05, 3.63) is 82.0 Å². The maximum absolute atomic E-state index is 12.7. The second-order valence-electron chi connectivity index (χ2n) is 7.00. The van der Waals surface area contributed by atoms with Crippen molar-refractivity contribution in [3.63, 3.8) is 0 Å². The van der Waals surface area contributed by atoms with E-state index >= 15 is 0 Å². The molecule has 3 rings (SSSR count). The van der Waals surface area contributed by atoms with Crippen LogP contribution in [0.5, 0.6) is 0 Å². The van der Waals surface area contributed by atoms with Gasteiger partial charge in [-0.3, -0.25) is 14.4 Å². The van der Waals surface area contributed by atoms with Crippen LogP contribution in [0.1, 0.15) is 39.4 Å². The molecule has 1 heterocycles. The summed E-state index contributed by atoms with van der Waals surface area (Å²) in [7, 11) is 0. The zero-order valence-electron chi connectivity index (χ0n) is 16.8. The largest absolute Gasteiger partial charge is 0.348 e. The third-order valence-electron chi connectivity index (χ3n) is 4.34. The van der Waals surface area contributed by atoms with Crippen molar-refractivity contribution in [1.29, 1.82) is 0 Å². The fourth-order valence-corrected chi connectivity index (χ4v) is 3.32. The van der Waals surface area contributed by atoms with Crippen LogP contribution in [-0.2, 0) is 11.3 Å². The molecule has 0 radical (unpaired) electrons. The smallest absolute Gasteiger partial charge is 0.265 e. The van der Waals surface area contributed by atoms with E-state index in [1.807, 2.05) is 37.4 Å². The molecular weight excluding hydrogens is 398 g/mol. The summed E-state index contributed by atoms with van der Waals surface area (Å²) in [4.78, 5) is 37.5. The number of rotatable bonds is 7. The minimum Gasteiger partial charge on any atom is -0.348 e. The molecule has 7 heteroatoms. The Morgan fingerprint density at radius 3 is 2.43 bits per heavy atom. The SMILES string of the molecule is CC(C)C(=O)Nc1cccc(CNC(=O)c2ccccc2NC(=O)c2cccs2)c1. The summed E-state index contributed by atoms with van der Waals surface area (Å²) in [6, 6.07) is 17.7. The van der Waals surface area contributed by atoms with Gasteiger partial charge in [0.15, 0.2) is 0 Å². The second-order valence-corrected chi connectivity index (χ2v) is 7.95. The molecule has 1 aromatic heterocycles. The highest BCUT2D eigenvalue weighted by Crippen LogP contribution is 2.18. The Morgan fingerprint density at radius 1 is 0.900 bits per heavy atom. The van der Waals surface area contributed by atoms with Crippen LogP contribution in [0.4, 0.5) is 11.4 Å². The van der Waals surface area contributed by atoms with E-state index in [4.69, 9.17) is 0 Å². The number of carbonyl (C=O) groups is 3. The molecule has 0 bridgehead atoms. The van der Waals surface area contributed by atoms with Gasteiger partial charge in [0.2, 0.25) is 5.91 Å². The lowest BCUT2D eigenvalue weighted by atomic mass is 10.1. The van der Waals surface area contributed by atoms with E-state index in [-0.39, 0.29) is 30.2 Å². The van der Waals surface area contributed by atoms with Gasteiger partial charge in [-0.1, -0.05) is 44.2 Å². The number of para-hydroxylation sites is 1. The van der Waals surface area contributed by atoms with Crippen LogP contribution in [0, 0.1) is 5.92 Å². The highest BCUT2D eigenvalue weighted by Gasteiger charge is 2.14. The van der Waals surface area contributed by atoms with Crippen LogP contribution in [-0.4, -0.2) is 17.7 Å². The van der Waals surface area contributed by atoms with E-state index < -0.39 is 0 Å². The highest BCUT2D eigenvalue weighted by molar-refractivity contribution is 7.12. The number of carbonyl (C=O) groups excluding carboxylic acids is 3. The molecule has 0 fully saturated rings. The summed E-state index contributed by atoms with van der Waals surface area (Å²) in [5.74, 6) is -0.728. The highest BCUT2D eigenvalue weighted by atomic mass is 32.1. The van der Waals surface area contributed by atoms with E-state index in [1.54, 1.807) is 42.5 Å². The number of nitrogens with one attached hydrogen (secondary N) is 3. The van der Waals surface area contributed by atoms with Crippen molar-refractivity contribution >= 4 is 40.4 Å². The molecule has 3 N–H and O–H groups in total. The Hall–Kier alpha value is -3.45. The molecule has 30 heavy (non-hydrogen) atoms. The number of amides is 3. The van der Waals surface area contributed by atoms with Crippen LogP contribution >= 0.6 is 11.3 Å². The Morgan fingerprint density at radius 2 is 1.70 bits per heavy atom. The second kappa shape index (κ2) is 9.84. The number of hydrogen-bond acceptors (Lipinski definition) is 4. The minimum absolute atomic E-state index is 0.0633. The van der Waals surface area contributed by atoms with Crippen molar-refractivity contribution in [2.75, 3.05) is 10.6 Å². The van der Waals surface area contributed by atoms with Crippen molar-refractivity contribution in [3.8, 4) is 0 Å². The van der Waals surface area contributed by atoms with Gasteiger partial charge in [-0.2, -0.15) is 0 Å². The molecule has 0 aliphatic rings. The zero-order chi connectivity index (χ0) is 21.5. The molecule has 6 nitrogen and oxygen atoms in total. The van der Waals surface area contributed by atoms with E-state index in [0.29, 0.717) is 21.8 Å². The standard InChI is InChI=1S/C23H23N3O3S/c1-15(2)21(27)25-17-8-5-7-16(13-17)14-24-22(28)18-9-3-4-10-19(18)26-23(29)20-11-6-12-30-20/h3-13,15H,14H2,1-2H3,(H,24,28)(H,25,27)(H,26,29). The van der Waals surface area contributed by atoms with Gasteiger partial charge >= 0.3 is 0 Å². The summed E-state index contributed by atoms with van der Waals surface area (Å²) in [5.41, 5.74) is 2.37. The average Bonchev–Trinajstić information content (AvgIpc) is 3.28. The van der Waals surface area contributed by atoms with Crippen molar-refractivity contribution in [1.82, 2.24) is 5.32 Å². The first kappa shape index (κ1) is 21.3. The summed E-state index contributed by atoms with van der Waals surface area (Å²) < 4.78 is 0. The Kier molecular flexibility index (Phi) is 6.98. The van der Waals surface area contributed by atoms with Gasteiger partial charge in [-0.15, -0.1) is 11.3 Å². The first-order valence-corrected chi connectivity index (χ1v) is 10.4. The van der Waals surface area contributed by atoms with Crippen LogP contribution in [0.25, 0.3) is 0 Å². The Balaban J connectivity index is 1.66. The number of anilines is 2. The lowest BCUT2D eigenvalue weighted by Gasteiger charge is -2.12. The maximum atomic E-state index is 12.7. The molecule has 3 aromatic rings. The maximum Gasteiger partial charge on any atom is 0.265 e. The van der Waals surface area contributed by atoms with Gasteiger partial charge in [0, 0.05) is 18.2 Å². The van der Waals surface area contributed by atoms with Gasteiger partial charge in [-0.05, 0) is 41.3 Å². The monoisotopic (exact) mass is 421 g/mol. The van der Waals surface area contributed by atoms with Gasteiger partial charge in [0.25, 0.3) is 11.8 Å². The predicted molar refractivity (Wildman–Crippen MR) is 120 cm³/mol. The zero-order valence-corrected chi connectivity index (χ0v) is 17.6. The van der Waals surface area contributed by atoms with E-state index in [0.717, 1.165) is 5.56 Å². The molecule has 3 amide bonds. The molecule has 0 aliphatic heterocycles. The van der Waals surface area contributed by atoms with E-state index in [9.17, 15) is 14.4 Å². The summed E-state index contributed by atoms with van der Waals surface area (Å²) in [6.07, 6.45) is 0. The summed E-state index contributed by atoms with van der Waals surface area (Å²) in [5, 5.41) is 10.3. The first-order chi connectivity index (χ1) is 14.4. The predicted octanol–water partition coefficient (Wildman–Crippen LogP) is 4.52. The third kappa shape index (κ3) is 5.55. The summed E-state index contributed by atoms with van der Waals surface area (Å²) in [6.45, 7) is 3.94. The van der Waals surface area contributed by atoms with Gasteiger partial charge in [0.1, 0.15) is 0 Å². The van der Waals surface area contributed by atoms with Crippen LogP contribution in [0.3, 0.4) is 0 Å². The van der Waals surface area contributed by atoms with E-state index in [1.165, 1.54) is 11.3 Å². The summed E-state index contributed by atoms with van der Waals surface area (Å²) >= 11 is 1.34. The molecule has 0 saturated carbocycles. The number of benzene rings is 2. The van der Waals surface area contributed by atoms with E-state index in [2.05, 4.69) is 16.0 Å². The van der Waals surface area contributed by atoms with Crippen LogP contribution in [0.15, 0.2) is 66.0 Å². The van der Waals surface area contributed by atoms with Gasteiger partial charge in [0.05, 0.1) is 16.1 Å². The van der Waals surface area contributed by atoms with Crippen molar-refractivity contribution in [2.45, 2.75) is 20.4 Å². The molecule has 0 saturated heterocycles. The number of thiophene rings is 1. The normalized spacial score (nSPS) is 10.5. The van der Waals surface area contributed by atoms with Crippen molar-refractivity contribution in [2.24, 2.45) is 5.92 Å². The average molecular weight is 422 g/mol. The first-order valence-electron chi connectivity index (χ1n) is 9.56. The van der Waals surface area contributed by atoms with Gasteiger partial charge < -0.3 is 16.0 Å². The Bertz CT molecular complexity index is 1050. The van der Waals surface area contributed by atoms with Crippen molar-refractivity contribution < 1.29 is 14.4 Å². The van der Waals surface area contributed by atoms with Crippen LogP contribution in [0.2, 0.25) is 0 Å². The lowest BCUT2D eigenvalue weighted by Crippen LogP contribution is -2.25. The molecule has 0 spiro atoms. The lowest BCUT2D eigenvalue weighted by molar-refractivity contribution is -0.118. The van der Waals surface area contributed by atoms with Gasteiger partial charge in [-0.25, -0.2) is 0 Å². The molecule has 0 atom stereocenters. The quantitative estimate of drug-likeness (QED) is 0.524. The third-order valence-corrected chi connectivity index (χ3v) is 5.21. The molecule has 0 unspecified atom stereocenters. The Labute approximate surface area is 179 Å². The molecule has 0 aliphatic carbocycles. The molecule has 2 aromatic carbocycles. The molecule has 154 valence electrons. The fourth-order valence-electron chi connectivity index (χ4n) is 2.70. The van der Waals surface area contributed by atoms with Crippen LogP contribution < -0.4 is 16.0 Å². The fraction of sp³-hybridized carbons (Fsp3) is 0.174. The molecular formula is C23H23N3O3S. The minimum atomic E-state index is -0.298. The number of hydrogen-bond donors (Lipinski definition) is 3. The topological polar surface area (TPSA) is 87.3 Å².